The van der Waals surface area contributed by atoms with Crippen LogP contribution in [0.5, 0.6) is 0 Å². The van der Waals surface area contributed by atoms with Crippen LogP contribution in [-0.4, -0.2) is 25.2 Å². The fourth-order valence-corrected chi connectivity index (χ4v) is 2.52. The second-order valence-electron chi connectivity index (χ2n) is 5.27. The van der Waals surface area contributed by atoms with Crippen LogP contribution in [0.3, 0.4) is 0 Å². The van der Waals surface area contributed by atoms with Crippen molar-refractivity contribution in [2.24, 2.45) is 11.8 Å². The minimum Gasteiger partial charge on any atom is -0.459 e. The van der Waals surface area contributed by atoms with E-state index < -0.39 is 0 Å². The highest BCUT2D eigenvalue weighted by Crippen LogP contribution is 2.26. The van der Waals surface area contributed by atoms with Gasteiger partial charge in [-0.3, -0.25) is 4.79 Å². The van der Waals surface area contributed by atoms with Crippen LogP contribution < -0.4 is 5.32 Å². The molecule has 1 aliphatic rings. The Morgan fingerprint density at radius 2 is 2.33 bits per heavy atom. The lowest BCUT2D eigenvalue weighted by Crippen LogP contribution is -2.34. The Morgan fingerprint density at radius 1 is 1.56 bits per heavy atom. The Morgan fingerprint density at radius 3 is 2.94 bits per heavy atom. The van der Waals surface area contributed by atoms with E-state index in [0.717, 1.165) is 18.6 Å². The summed E-state index contributed by atoms with van der Waals surface area (Å²) in [5.74, 6) is 1.17. The van der Waals surface area contributed by atoms with Gasteiger partial charge in [0.25, 0.3) is 5.91 Å². The minimum absolute atomic E-state index is 0.132. The summed E-state index contributed by atoms with van der Waals surface area (Å²) in [6, 6.07) is 1.80. The van der Waals surface area contributed by atoms with Crippen molar-refractivity contribution in [1.29, 1.82) is 0 Å². The molecule has 1 aromatic heterocycles. The van der Waals surface area contributed by atoms with Crippen LogP contribution in [0.1, 0.15) is 36.4 Å². The molecular weight excluding hydrogens is 230 g/mol. The summed E-state index contributed by atoms with van der Waals surface area (Å²) in [6.45, 7) is 7.63. The van der Waals surface area contributed by atoms with Crippen molar-refractivity contribution in [3.8, 4) is 0 Å². The van der Waals surface area contributed by atoms with Gasteiger partial charge in [0.05, 0.1) is 12.4 Å². The monoisotopic (exact) mass is 251 g/mol. The van der Waals surface area contributed by atoms with E-state index >= 15 is 0 Å². The van der Waals surface area contributed by atoms with Crippen molar-refractivity contribution < 1.29 is 13.9 Å². The van der Waals surface area contributed by atoms with Crippen molar-refractivity contribution in [3.05, 3.63) is 23.7 Å². The molecule has 2 atom stereocenters. The lowest BCUT2D eigenvalue weighted by atomic mass is 9.93. The van der Waals surface area contributed by atoms with Crippen molar-refractivity contribution in [2.45, 2.75) is 33.3 Å². The van der Waals surface area contributed by atoms with Crippen molar-refractivity contribution in [1.82, 2.24) is 5.32 Å². The Balaban J connectivity index is 1.88. The number of hydrogen-bond acceptors (Lipinski definition) is 3. The Hall–Kier alpha value is -1.29. The van der Waals surface area contributed by atoms with E-state index in [1.165, 1.54) is 0 Å². The van der Waals surface area contributed by atoms with Crippen LogP contribution in [0.25, 0.3) is 0 Å². The van der Waals surface area contributed by atoms with E-state index in [2.05, 4.69) is 19.2 Å². The topological polar surface area (TPSA) is 51.5 Å². The van der Waals surface area contributed by atoms with Gasteiger partial charge in [0, 0.05) is 24.6 Å². The number of rotatable bonds is 4. The molecule has 1 aromatic rings. The summed E-state index contributed by atoms with van der Waals surface area (Å²) in [5, 5.41) is 2.94. The number of carbonyl (C=O) groups excluding carboxylic acids is 1. The molecule has 1 N–H and O–H groups in total. The molecule has 4 heteroatoms. The van der Waals surface area contributed by atoms with Crippen LogP contribution in [0.2, 0.25) is 0 Å². The first-order valence-corrected chi connectivity index (χ1v) is 6.53. The van der Waals surface area contributed by atoms with E-state index in [1.54, 1.807) is 12.3 Å². The first-order chi connectivity index (χ1) is 8.59. The summed E-state index contributed by atoms with van der Waals surface area (Å²) in [7, 11) is 0. The molecule has 0 spiro atoms. The van der Waals surface area contributed by atoms with Gasteiger partial charge in [-0.05, 0) is 25.3 Å². The molecule has 0 radical (unpaired) electrons. The highest BCUT2D eigenvalue weighted by molar-refractivity contribution is 5.92. The molecule has 0 bridgehead atoms. The number of furan rings is 1. The fraction of sp³-hybridized carbons (Fsp3) is 0.643. The predicted octanol–water partition coefficient (Wildman–Crippen LogP) is 2.38. The van der Waals surface area contributed by atoms with Crippen LogP contribution in [0, 0.1) is 18.8 Å². The molecule has 2 rings (SSSR count). The van der Waals surface area contributed by atoms with Crippen molar-refractivity contribution in [3.63, 3.8) is 0 Å². The summed E-state index contributed by atoms with van der Waals surface area (Å²) < 4.78 is 10.9. The fourth-order valence-electron chi connectivity index (χ4n) is 2.52. The van der Waals surface area contributed by atoms with Gasteiger partial charge in [0.2, 0.25) is 0 Å². The SMILES string of the molecule is Cc1ccoc1C(=O)NC[C@H]1CCO[C@@H]1C(C)C. The summed E-state index contributed by atoms with van der Waals surface area (Å²) in [6.07, 6.45) is 2.81. The zero-order chi connectivity index (χ0) is 13.1. The maximum atomic E-state index is 11.9. The summed E-state index contributed by atoms with van der Waals surface area (Å²) in [5.41, 5.74) is 0.871. The molecule has 1 saturated heterocycles. The number of carbonyl (C=O) groups is 1. The van der Waals surface area contributed by atoms with Gasteiger partial charge in [-0.15, -0.1) is 0 Å². The maximum absolute atomic E-state index is 11.9. The third kappa shape index (κ3) is 2.75. The van der Waals surface area contributed by atoms with Crippen molar-refractivity contribution >= 4 is 5.91 Å². The zero-order valence-corrected chi connectivity index (χ0v) is 11.2. The summed E-state index contributed by atoms with van der Waals surface area (Å²) >= 11 is 0. The Kier molecular flexibility index (Phi) is 4.07. The second kappa shape index (κ2) is 5.57. The van der Waals surface area contributed by atoms with Gasteiger partial charge in [-0.2, -0.15) is 0 Å². The quantitative estimate of drug-likeness (QED) is 0.893. The number of ether oxygens (including phenoxy) is 1. The van der Waals surface area contributed by atoms with Crippen LogP contribution in [-0.2, 0) is 4.74 Å². The maximum Gasteiger partial charge on any atom is 0.287 e. The van der Waals surface area contributed by atoms with Gasteiger partial charge in [0.1, 0.15) is 0 Å². The normalized spacial score (nSPS) is 23.6. The molecule has 2 heterocycles. The van der Waals surface area contributed by atoms with E-state index in [-0.39, 0.29) is 12.0 Å². The average Bonchev–Trinajstić information content (AvgIpc) is 2.94. The number of aryl methyl sites for hydroxylation is 1. The third-order valence-corrected chi connectivity index (χ3v) is 3.51. The molecule has 0 unspecified atom stereocenters. The second-order valence-corrected chi connectivity index (χ2v) is 5.27. The van der Waals surface area contributed by atoms with Gasteiger partial charge >= 0.3 is 0 Å². The largest absolute Gasteiger partial charge is 0.459 e. The predicted molar refractivity (Wildman–Crippen MR) is 68.5 cm³/mol. The van der Waals surface area contributed by atoms with E-state index in [9.17, 15) is 4.79 Å². The Bertz CT molecular complexity index is 411. The molecule has 1 amide bonds. The highest BCUT2D eigenvalue weighted by atomic mass is 16.5. The standard InChI is InChI=1S/C14H21NO3/c1-9(2)12-11(5-7-17-12)8-15-14(16)13-10(3)4-6-18-13/h4,6,9,11-12H,5,7-8H2,1-3H3,(H,15,16)/t11-,12-/m1/s1. The van der Waals surface area contributed by atoms with Gasteiger partial charge in [-0.25, -0.2) is 0 Å². The number of amides is 1. The first-order valence-electron chi connectivity index (χ1n) is 6.53. The highest BCUT2D eigenvalue weighted by Gasteiger charge is 2.31. The van der Waals surface area contributed by atoms with Crippen LogP contribution >= 0.6 is 0 Å². The smallest absolute Gasteiger partial charge is 0.287 e. The molecule has 0 aliphatic carbocycles. The van der Waals surface area contributed by atoms with E-state index in [1.807, 2.05) is 6.92 Å². The van der Waals surface area contributed by atoms with Gasteiger partial charge in [0.15, 0.2) is 5.76 Å². The summed E-state index contributed by atoms with van der Waals surface area (Å²) in [4.78, 5) is 11.9. The molecule has 0 aromatic carbocycles. The van der Waals surface area contributed by atoms with Crippen LogP contribution in [0.4, 0.5) is 0 Å². The molecule has 18 heavy (non-hydrogen) atoms. The average molecular weight is 251 g/mol. The molecule has 100 valence electrons. The first kappa shape index (κ1) is 13.1. The number of nitrogens with one attached hydrogen (secondary N) is 1. The van der Waals surface area contributed by atoms with Crippen molar-refractivity contribution in [2.75, 3.05) is 13.2 Å². The van der Waals surface area contributed by atoms with Gasteiger partial charge < -0.3 is 14.5 Å². The molecule has 1 fully saturated rings. The lowest BCUT2D eigenvalue weighted by Gasteiger charge is -2.22. The minimum atomic E-state index is -0.132. The molecular formula is C14H21NO3. The molecule has 4 nitrogen and oxygen atoms in total. The zero-order valence-electron chi connectivity index (χ0n) is 11.2. The lowest BCUT2D eigenvalue weighted by molar-refractivity contribution is 0.0531. The van der Waals surface area contributed by atoms with E-state index in [0.29, 0.717) is 24.1 Å². The molecule has 0 saturated carbocycles. The third-order valence-electron chi connectivity index (χ3n) is 3.51. The Labute approximate surface area is 108 Å². The van der Waals surface area contributed by atoms with Gasteiger partial charge in [-0.1, -0.05) is 13.8 Å². The van der Waals surface area contributed by atoms with E-state index in [4.69, 9.17) is 9.15 Å². The van der Waals surface area contributed by atoms with Crippen LogP contribution in [0.15, 0.2) is 16.7 Å². The number of hydrogen-bond donors (Lipinski definition) is 1. The molecule has 1 aliphatic heterocycles.